The van der Waals surface area contributed by atoms with Crippen LogP contribution >= 0.6 is 0 Å². The Morgan fingerprint density at radius 2 is 2.06 bits per heavy atom. The van der Waals surface area contributed by atoms with Gasteiger partial charge in [-0.05, 0) is 56.3 Å². The van der Waals surface area contributed by atoms with Crippen molar-refractivity contribution in [3.8, 4) is 0 Å². The lowest BCUT2D eigenvalue weighted by Crippen LogP contribution is -2.40. The van der Waals surface area contributed by atoms with Crippen LogP contribution in [0.5, 0.6) is 0 Å². The van der Waals surface area contributed by atoms with Crippen LogP contribution < -0.4 is 11.1 Å². The summed E-state index contributed by atoms with van der Waals surface area (Å²) in [6, 6.07) is 8.02. The van der Waals surface area contributed by atoms with Crippen LogP contribution in [0.15, 0.2) is 24.3 Å². The molecular weight excluding hydrogens is 224 g/mol. The van der Waals surface area contributed by atoms with Crippen molar-refractivity contribution in [2.45, 2.75) is 38.6 Å². The van der Waals surface area contributed by atoms with Crippen molar-refractivity contribution >= 4 is 5.91 Å². The third-order valence-corrected chi connectivity index (χ3v) is 3.86. The summed E-state index contributed by atoms with van der Waals surface area (Å²) >= 11 is 0. The van der Waals surface area contributed by atoms with E-state index in [1.165, 1.54) is 24.8 Å². The van der Waals surface area contributed by atoms with Crippen LogP contribution in [0.1, 0.15) is 42.1 Å². The van der Waals surface area contributed by atoms with E-state index < -0.39 is 0 Å². The van der Waals surface area contributed by atoms with Gasteiger partial charge in [0, 0.05) is 11.6 Å². The van der Waals surface area contributed by atoms with Crippen LogP contribution in [0.25, 0.3) is 0 Å². The number of carbonyl (C=O) groups is 1. The molecule has 1 unspecified atom stereocenters. The number of hydrogen-bond acceptors (Lipinski definition) is 2. The first-order valence-corrected chi connectivity index (χ1v) is 6.80. The lowest BCUT2D eigenvalue weighted by Gasteiger charge is -2.31. The molecule has 1 atom stereocenters. The molecular formula is C15H22N2O. The van der Waals surface area contributed by atoms with E-state index in [4.69, 9.17) is 5.73 Å². The molecule has 0 bridgehead atoms. The number of nitrogens with two attached hydrogens (primary N) is 1. The van der Waals surface area contributed by atoms with Crippen LogP contribution in [-0.2, 0) is 6.42 Å². The second-order valence-corrected chi connectivity index (χ2v) is 5.19. The Kier molecular flexibility index (Phi) is 4.37. The van der Waals surface area contributed by atoms with Gasteiger partial charge in [-0.3, -0.25) is 4.79 Å². The maximum absolute atomic E-state index is 12.0. The summed E-state index contributed by atoms with van der Waals surface area (Å²) in [5, 5.41) is 3.09. The Morgan fingerprint density at radius 1 is 1.39 bits per heavy atom. The molecule has 98 valence electrons. The van der Waals surface area contributed by atoms with Crippen LogP contribution in [0.3, 0.4) is 0 Å². The van der Waals surface area contributed by atoms with Gasteiger partial charge in [0.2, 0.25) is 0 Å². The SMILES string of the molecule is CC(NC(=O)c1ccc(CCN)cc1)C1CCC1. The first-order valence-electron chi connectivity index (χ1n) is 6.80. The van der Waals surface area contributed by atoms with Crippen LogP contribution in [0, 0.1) is 5.92 Å². The fourth-order valence-electron chi connectivity index (χ4n) is 2.34. The van der Waals surface area contributed by atoms with E-state index in [1.54, 1.807) is 0 Å². The first kappa shape index (κ1) is 13.1. The molecule has 1 amide bonds. The Bertz CT molecular complexity index is 395. The van der Waals surface area contributed by atoms with Crippen molar-refractivity contribution < 1.29 is 4.79 Å². The average molecular weight is 246 g/mol. The fourth-order valence-corrected chi connectivity index (χ4v) is 2.34. The molecule has 2 rings (SSSR count). The normalized spacial score (nSPS) is 17.0. The highest BCUT2D eigenvalue weighted by molar-refractivity contribution is 5.94. The highest BCUT2D eigenvalue weighted by Crippen LogP contribution is 2.29. The summed E-state index contributed by atoms with van der Waals surface area (Å²) in [5.41, 5.74) is 7.42. The largest absolute Gasteiger partial charge is 0.349 e. The van der Waals surface area contributed by atoms with Gasteiger partial charge in [0.1, 0.15) is 0 Å². The minimum atomic E-state index is 0.0358. The molecule has 0 aromatic heterocycles. The van der Waals surface area contributed by atoms with E-state index in [2.05, 4.69) is 12.2 Å². The summed E-state index contributed by atoms with van der Waals surface area (Å²) in [6.07, 6.45) is 4.66. The highest BCUT2D eigenvalue weighted by atomic mass is 16.1. The Morgan fingerprint density at radius 3 is 2.56 bits per heavy atom. The maximum Gasteiger partial charge on any atom is 0.251 e. The molecule has 0 radical (unpaired) electrons. The van der Waals surface area contributed by atoms with Gasteiger partial charge in [0.05, 0.1) is 0 Å². The molecule has 3 nitrogen and oxygen atoms in total. The molecule has 1 aliphatic carbocycles. The molecule has 3 heteroatoms. The number of rotatable bonds is 5. The monoisotopic (exact) mass is 246 g/mol. The van der Waals surface area contributed by atoms with Crippen molar-refractivity contribution in [3.05, 3.63) is 35.4 Å². The first-order chi connectivity index (χ1) is 8.70. The molecule has 0 heterocycles. The standard InChI is InChI=1S/C15H22N2O/c1-11(13-3-2-4-13)17-15(18)14-7-5-12(6-8-14)9-10-16/h5-8,11,13H,2-4,9-10,16H2,1H3,(H,17,18). The van der Waals surface area contributed by atoms with Gasteiger partial charge in [-0.15, -0.1) is 0 Å². The summed E-state index contributed by atoms with van der Waals surface area (Å²) in [4.78, 5) is 12.0. The number of carbonyl (C=O) groups excluding carboxylic acids is 1. The quantitative estimate of drug-likeness (QED) is 0.836. The molecule has 0 aliphatic heterocycles. The Balaban J connectivity index is 1.91. The zero-order valence-electron chi connectivity index (χ0n) is 11.0. The van der Waals surface area contributed by atoms with E-state index >= 15 is 0 Å². The third kappa shape index (κ3) is 3.10. The van der Waals surface area contributed by atoms with Crippen molar-refractivity contribution in [1.29, 1.82) is 0 Å². The van der Waals surface area contributed by atoms with Crippen molar-refractivity contribution in [2.24, 2.45) is 11.7 Å². The predicted molar refractivity (Wildman–Crippen MR) is 73.5 cm³/mol. The minimum absolute atomic E-state index is 0.0358. The second-order valence-electron chi connectivity index (χ2n) is 5.19. The lowest BCUT2D eigenvalue weighted by molar-refractivity contribution is 0.0909. The summed E-state index contributed by atoms with van der Waals surface area (Å²) in [5.74, 6) is 0.708. The van der Waals surface area contributed by atoms with E-state index in [1.807, 2.05) is 24.3 Å². The van der Waals surface area contributed by atoms with Crippen molar-refractivity contribution in [2.75, 3.05) is 6.54 Å². The molecule has 18 heavy (non-hydrogen) atoms. The number of benzene rings is 1. The second kappa shape index (κ2) is 6.01. The lowest BCUT2D eigenvalue weighted by atomic mass is 9.80. The number of nitrogens with one attached hydrogen (secondary N) is 1. The van der Waals surface area contributed by atoms with Gasteiger partial charge < -0.3 is 11.1 Å². The van der Waals surface area contributed by atoms with Gasteiger partial charge in [-0.2, -0.15) is 0 Å². The predicted octanol–water partition coefficient (Wildman–Crippen LogP) is 2.11. The van der Waals surface area contributed by atoms with E-state index in [9.17, 15) is 4.79 Å². The molecule has 1 fully saturated rings. The van der Waals surface area contributed by atoms with E-state index in [0.717, 1.165) is 12.0 Å². The third-order valence-electron chi connectivity index (χ3n) is 3.86. The fraction of sp³-hybridized carbons (Fsp3) is 0.533. The van der Waals surface area contributed by atoms with E-state index in [0.29, 0.717) is 12.5 Å². The molecule has 0 saturated heterocycles. The van der Waals surface area contributed by atoms with Gasteiger partial charge in [-0.25, -0.2) is 0 Å². The number of amides is 1. The topological polar surface area (TPSA) is 55.1 Å². The summed E-state index contributed by atoms with van der Waals surface area (Å²) in [6.45, 7) is 2.74. The van der Waals surface area contributed by atoms with Crippen molar-refractivity contribution in [3.63, 3.8) is 0 Å². The Hall–Kier alpha value is -1.35. The molecule has 1 aliphatic rings. The smallest absolute Gasteiger partial charge is 0.251 e. The van der Waals surface area contributed by atoms with Crippen LogP contribution in [-0.4, -0.2) is 18.5 Å². The van der Waals surface area contributed by atoms with Crippen LogP contribution in [0.4, 0.5) is 0 Å². The van der Waals surface area contributed by atoms with Gasteiger partial charge in [0.15, 0.2) is 0 Å². The molecule has 1 aromatic rings. The van der Waals surface area contributed by atoms with Gasteiger partial charge >= 0.3 is 0 Å². The zero-order chi connectivity index (χ0) is 13.0. The summed E-state index contributed by atoms with van der Waals surface area (Å²) < 4.78 is 0. The molecule has 1 aromatic carbocycles. The van der Waals surface area contributed by atoms with Gasteiger partial charge in [0.25, 0.3) is 5.91 Å². The zero-order valence-corrected chi connectivity index (χ0v) is 11.0. The maximum atomic E-state index is 12.0. The Labute approximate surface area is 109 Å². The summed E-state index contributed by atoms with van der Waals surface area (Å²) in [7, 11) is 0. The molecule has 1 saturated carbocycles. The molecule has 3 N–H and O–H groups in total. The molecule has 0 spiro atoms. The average Bonchev–Trinajstić information content (AvgIpc) is 2.27. The van der Waals surface area contributed by atoms with Crippen LogP contribution in [0.2, 0.25) is 0 Å². The number of hydrogen-bond donors (Lipinski definition) is 2. The van der Waals surface area contributed by atoms with E-state index in [-0.39, 0.29) is 11.9 Å². The minimum Gasteiger partial charge on any atom is -0.349 e. The highest BCUT2D eigenvalue weighted by Gasteiger charge is 2.25. The van der Waals surface area contributed by atoms with Crippen molar-refractivity contribution in [1.82, 2.24) is 5.32 Å². The van der Waals surface area contributed by atoms with Gasteiger partial charge in [-0.1, -0.05) is 18.6 Å².